The van der Waals surface area contributed by atoms with Crippen molar-refractivity contribution in [3.63, 3.8) is 0 Å². The third kappa shape index (κ3) is 4.84. The Bertz CT molecular complexity index is 2570. The Morgan fingerprint density at radius 3 is 1.85 bits per heavy atom. The van der Waals surface area contributed by atoms with Crippen molar-refractivity contribution >= 4 is 59.5 Å². The Morgan fingerprint density at radius 2 is 1.11 bits per heavy atom. The maximum Gasteiger partial charge on any atom is 0.0639 e. The summed E-state index contributed by atoms with van der Waals surface area (Å²) in [5, 5.41) is 5.15. The first kappa shape index (κ1) is 27.5. The zero-order chi connectivity index (χ0) is 31.2. The highest BCUT2D eigenvalue weighted by Crippen LogP contribution is 2.44. The van der Waals surface area contributed by atoms with Crippen molar-refractivity contribution in [3.8, 4) is 27.9 Å². The second kappa shape index (κ2) is 11.5. The van der Waals surface area contributed by atoms with E-state index in [4.69, 9.17) is 0 Å². The molecule has 0 N–H and O–H groups in total. The summed E-state index contributed by atoms with van der Waals surface area (Å²) in [6.45, 7) is 0.682. The van der Waals surface area contributed by atoms with Crippen molar-refractivity contribution in [2.24, 2.45) is 4.99 Å². The minimum atomic E-state index is 0.682. The highest BCUT2D eigenvalue weighted by Gasteiger charge is 2.16. The van der Waals surface area contributed by atoms with Crippen LogP contribution in [0.1, 0.15) is 11.1 Å². The Kier molecular flexibility index (Phi) is 6.76. The molecule has 0 aliphatic heterocycles. The zero-order valence-corrected chi connectivity index (χ0v) is 26.5. The van der Waals surface area contributed by atoms with Crippen molar-refractivity contribution in [1.82, 2.24) is 4.57 Å². The summed E-state index contributed by atoms with van der Waals surface area (Å²) in [5.41, 5.74) is 10.9. The van der Waals surface area contributed by atoms with Gasteiger partial charge in [-0.1, -0.05) is 133 Å². The number of aliphatic imine (C=N–C) groups is 1. The third-order valence-electron chi connectivity index (χ3n) is 9.10. The first-order valence-corrected chi connectivity index (χ1v) is 16.8. The topological polar surface area (TPSA) is 17.3 Å². The van der Waals surface area contributed by atoms with Gasteiger partial charge in [0, 0.05) is 42.8 Å². The molecule has 0 atom stereocenters. The molecule has 0 bridgehead atoms. The molecule has 9 rings (SSSR count). The van der Waals surface area contributed by atoms with Gasteiger partial charge >= 0.3 is 0 Å². The van der Waals surface area contributed by atoms with E-state index in [2.05, 4.69) is 167 Å². The van der Waals surface area contributed by atoms with Crippen LogP contribution < -0.4 is 0 Å². The van der Waals surface area contributed by atoms with Crippen LogP contribution in [-0.2, 0) is 6.54 Å². The fourth-order valence-corrected chi connectivity index (χ4v) is 8.23. The molecular weight excluding hydrogens is 589 g/mol. The van der Waals surface area contributed by atoms with E-state index in [0.29, 0.717) is 6.54 Å². The van der Waals surface area contributed by atoms with Crippen LogP contribution in [0, 0.1) is 0 Å². The highest BCUT2D eigenvalue weighted by molar-refractivity contribution is 7.26. The monoisotopic (exact) mass is 618 g/mol. The fraction of sp³-hybridized carbons (Fsp3) is 0.0227. The standard InChI is InChI=1S/C44H30N2S/c1-3-11-30(12-4-1)28-45-29-31-21-24-34(25-22-31)46-41-20-8-7-15-37(41)40-27-33(23-26-42(40)46)36-17-10-19-39-38-18-9-16-35(43(38)47-44(36)39)32-13-5-2-6-14-32/h1-27,29H,28H2/b45-29+. The number of benzene rings is 7. The molecule has 0 amide bonds. The average molecular weight is 619 g/mol. The fourth-order valence-electron chi connectivity index (χ4n) is 6.86. The van der Waals surface area contributed by atoms with Gasteiger partial charge in [0.25, 0.3) is 0 Å². The Labute approximate surface area is 277 Å². The minimum Gasteiger partial charge on any atom is -0.309 e. The molecule has 0 fully saturated rings. The van der Waals surface area contributed by atoms with E-state index in [9.17, 15) is 0 Å². The normalized spacial score (nSPS) is 11.8. The molecule has 0 radical (unpaired) electrons. The molecule has 3 heteroatoms. The van der Waals surface area contributed by atoms with E-state index >= 15 is 0 Å². The van der Waals surface area contributed by atoms with Gasteiger partial charge in [-0.25, -0.2) is 0 Å². The molecule has 9 aromatic rings. The van der Waals surface area contributed by atoms with Crippen molar-refractivity contribution < 1.29 is 0 Å². The van der Waals surface area contributed by atoms with Crippen molar-refractivity contribution in [2.45, 2.75) is 6.54 Å². The van der Waals surface area contributed by atoms with Crippen LogP contribution >= 0.6 is 11.3 Å². The average Bonchev–Trinajstić information content (AvgIpc) is 3.69. The molecule has 7 aromatic carbocycles. The van der Waals surface area contributed by atoms with Crippen LogP contribution in [-0.4, -0.2) is 10.8 Å². The molecule has 2 nitrogen and oxygen atoms in total. The van der Waals surface area contributed by atoms with E-state index in [1.165, 1.54) is 69.8 Å². The van der Waals surface area contributed by atoms with Gasteiger partial charge in [0.15, 0.2) is 0 Å². The maximum atomic E-state index is 4.67. The Hall–Kier alpha value is -5.77. The molecule has 0 unspecified atom stereocenters. The lowest BCUT2D eigenvalue weighted by atomic mass is 9.99. The van der Waals surface area contributed by atoms with E-state index in [-0.39, 0.29) is 0 Å². The second-order valence-corrected chi connectivity index (χ2v) is 13.0. The second-order valence-electron chi connectivity index (χ2n) is 12.0. The van der Waals surface area contributed by atoms with Gasteiger partial charge < -0.3 is 4.57 Å². The lowest BCUT2D eigenvalue weighted by Gasteiger charge is -2.09. The zero-order valence-electron chi connectivity index (χ0n) is 25.7. The number of aromatic nitrogens is 1. The van der Waals surface area contributed by atoms with Gasteiger partial charge in [0.2, 0.25) is 0 Å². The number of nitrogens with zero attached hydrogens (tertiary/aromatic N) is 2. The summed E-state index contributed by atoms with van der Waals surface area (Å²) >= 11 is 1.91. The van der Waals surface area contributed by atoms with Gasteiger partial charge in [0.05, 0.1) is 17.6 Å². The summed E-state index contributed by atoms with van der Waals surface area (Å²) in [5.74, 6) is 0. The smallest absolute Gasteiger partial charge is 0.0639 e. The molecule has 2 aromatic heterocycles. The largest absolute Gasteiger partial charge is 0.309 e. The summed E-state index contributed by atoms with van der Waals surface area (Å²) in [4.78, 5) is 4.67. The summed E-state index contributed by atoms with van der Waals surface area (Å²) < 4.78 is 5.05. The number of fused-ring (bicyclic) bond motifs is 6. The highest BCUT2D eigenvalue weighted by atomic mass is 32.1. The van der Waals surface area contributed by atoms with Gasteiger partial charge in [-0.2, -0.15) is 0 Å². The van der Waals surface area contributed by atoms with Crippen molar-refractivity contribution in [1.29, 1.82) is 0 Å². The third-order valence-corrected chi connectivity index (χ3v) is 10.4. The summed E-state index contributed by atoms with van der Waals surface area (Å²) in [6.07, 6.45) is 1.96. The van der Waals surface area contributed by atoms with Gasteiger partial charge in [-0.3, -0.25) is 4.99 Å². The van der Waals surface area contributed by atoms with Gasteiger partial charge in [-0.15, -0.1) is 11.3 Å². The molecule has 0 spiro atoms. The van der Waals surface area contributed by atoms with Gasteiger partial charge in [0.1, 0.15) is 0 Å². The molecule has 0 aliphatic rings. The quantitative estimate of drug-likeness (QED) is 0.165. The SMILES string of the molecule is C(=N\Cc1ccccc1)/c1ccc(-n2c3ccccc3c3cc(-c4cccc5c4sc4c(-c6ccccc6)cccc45)ccc32)cc1. The summed E-state index contributed by atoms with van der Waals surface area (Å²) in [6, 6.07) is 59.0. The minimum absolute atomic E-state index is 0.682. The Morgan fingerprint density at radius 1 is 0.489 bits per heavy atom. The van der Waals surface area contributed by atoms with Crippen LogP contribution in [0.2, 0.25) is 0 Å². The molecule has 222 valence electrons. The lowest BCUT2D eigenvalue weighted by molar-refractivity contribution is 1.08. The molecule has 2 heterocycles. The Balaban J connectivity index is 1.13. The summed E-state index contributed by atoms with van der Waals surface area (Å²) in [7, 11) is 0. The molecular formula is C44H30N2S. The van der Waals surface area contributed by atoms with Crippen LogP contribution in [0.5, 0.6) is 0 Å². The number of thiophene rings is 1. The van der Waals surface area contributed by atoms with E-state index < -0.39 is 0 Å². The first-order chi connectivity index (χ1) is 23.3. The number of hydrogen-bond donors (Lipinski definition) is 0. The number of para-hydroxylation sites is 1. The van der Waals surface area contributed by atoms with Crippen LogP contribution in [0.25, 0.3) is 69.9 Å². The predicted molar refractivity (Wildman–Crippen MR) is 202 cm³/mol. The van der Waals surface area contributed by atoms with E-state index in [1.807, 2.05) is 23.6 Å². The first-order valence-electron chi connectivity index (χ1n) is 16.0. The molecule has 0 saturated heterocycles. The van der Waals surface area contributed by atoms with Crippen LogP contribution in [0.3, 0.4) is 0 Å². The number of hydrogen-bond acceptors (Lipinski definition) is 2. The number of rotatable bonds is 6. The van der Waals surface area contributed by atoms with Gasteiger partial charge in [-0.05, 0) is 63.7 Å². The van der Waals surface area contributed by atoms with E-state index in [1.54, 1.807) is 0 Å². The molecule has 0 aliphatic carbocycles. The lowest BCUT2D eigenvalue weighted by Crippen LogP contribution is -1.94. The van der Waals surface area contributed by atoms with E-state index in [0.717, 1.165) is 11.3 Å². The van der Waals surface area contributed by atoms with Crippen molar-refractivity contribution in [2.75, 3.05) is 0 Å². The van der Waals surface area contributed by atoms with Crippen LogP contribution in [0.4, 0.5) is 0 Å². The predicted octanol–water partition coefficient (Wildman–Crippen LogP) is 12.1. The van der Waals surface area contributed by atoms with Crippen LogP contribution in [0.15, 0.2) is 169 Å². The molecule has 0 saturated carbocycles. The molecule has 47 heavy (non-hydrogen) atoms. The van der Waals surface area contributed by atoms with Crippen molar-refractivity contribution in [3.05, 3.63) is 175 Å². The maximum absolute atomic E-state index is 4.67.